The maximum absolute atomic E-state index is 13.0. The molecule has 8 rings (SSSR count). The van der Waals surface area contributed by atoms with Crippen LogP contribution in [0.25, 0.3) is 0 Å². The number of hydrogen-bond donors (Lipinski definition) is 5. The van der Waals surface area contributed by atoms with Gasteiger partial charge in [0.15, 0.2) is 0 Å². The van der Waals surface area contributed by atoms with Crippen LogP contribution in [0.4, 0.5) is 32.9 Å². The van der Waals surface area contributed by atoms with E-state index in [4.69, 9.17) is 34.1 Å². The van der Waals surface area contributed by atoms with Gasteiger partial charge in [0.05, 0.1) is 27.1 Å². The Labute approximate surface area is 491 Å². The number of piperidine rings is 2. The lowest BCUT2D eigenvalue weighted by atomic mass is 9.90. The molecule has 4 aliphatic rings. The van der Waals surface area contributed by atoms with Crippen molar-refractivity contribution in [1.82, 2.24) is 40.5 Å². The van der Waals surface area contributed by atoms with Crippen LogP contribution in [-0.2, 0) is 68.5 Å². The predicted octanol–water partition coefficient (Wildman–Crippen LogP) is 7.07. The molecule has 6 heterocycles. The van der Waals surface area contributed by atoms with Gasteiger partial charge in [-0.25, -0.2) is 39.1 Å². The van der Waals surface area contributed by atoms with E-state index < -0.39 is 53.7 Å². The van der Waals surface area contributed by atoms with Crippen LogP contribution in [0.3, 0.4) is 0 Å². The number of anilines is 4. The molecule has 24 heteroatoms. The van der Waals surface area contributed by atoms with E-state index in [1.807, 2.05) is 20.8 Å². The predicted molar refractivity (Wildman–Crippen MR) is 313 cm³/mol. The summed E-state index contributed by atoms with van der Waals surface area (Å²) in [6, 6.07) is 6.62. The molecule has 4 aromatic rings. The van der Waals surface area contributed by atoms with Crippen LogP contribution in [0.2, 0.25) is 0 Å². The van der Waals surface area contributed by atoms with E-state index in [1.165, 1.54) is 73.8 Å². The molecule has 0 radical (unpaired) electrons. The Morgan fingerprint density at radius 3 is 1.39 bits per heavy atom. The average Bonchev–Trinajstić information content (AvgIpc) is 2.95. The van der Waals surface area contributed by atoms with Crippen LogP contribution < -0.4 is 31.1 Å². The van der Waals surface area contributed by atoms with Crippen molar-refractivity contribution >= 4 is 59.3 Å². The van der Waals surface area contributed by atoms with Gasteiger partial charge in [-0.15, -0.1) is 0 Å². The first kappa shape index (κ1) is 63.7. The molecule has 5 N–H and O–H groups in total. The van der Waals surface area contributed by atoms with Crippen LogP contribution >= 0.6 is 0 Å². The summed E-state index contributed by atoms with van der Waals surface area (Å²) >= 11 is 0. The van der Waals surface area contributed by atoms with Gasteiger partial charge in [0.1, 0.15) is 65.8 Å². The molecule has 2 saturated heterocycles. The molecule has 0 bridgehead atoms. The monoisotopic (exact) mass is 1160 g/mol. The molecule has 0 spiro atoms. The minimum Gasteiger partial charge on any atom is -0.480 e. The third-order valence-corrected chi connectivity index (χ3v) is 15.3. The molecule has 0 unspecified atom stereocenters. The Morgan fingerprint density at radius 2 is 0.988 bits per heavy atom. The normalized spacial score (nSPS) is 16.0. The molecule has 24 nitrogen and oxygen atoms in total. The number of nitrogens with zero attached hydrogens (tertiary/aromatic N) is 8. The van der Waals surface area contributed by atoms with Crippen molar-refractivity contribution in [2.24, 2.45) is 0 Å². The molecule has 2 aliphatic carbocycles. The number of ether oxygens (including phenoxy) is 5. The number of pyridine rings is 2. The third-order valence-electron chi connectivity index (χ3n) is 15.3. The van der Waals surface area contributed by atoms with Gasteiger partial charge in [0, 0.05) is 85.0 Å². The summed E-state index contributed by atoms with van der Waals surface area (Å²) in [6.45, 7) is 15.6. The summed E-state index contributed by atoms with van der Waals surface area (Å²) in [5.41, 5.74) is 8.64. The van der Waals surface area contributed by atoms with Crippen molar-refractivity contribution < 1.29 is 57.6 Å². The van der Waals surface area contributed by atoms with E-state index in [2.05, 4.69) is 74.8 Å². The summed E-state index contributed by atoms with van der Waals surface area (Å²) in [6.07, 6.45) is 11.3. The molecule has 84 heavy (non-hydrogen) atoms. The van der Waals surface area contributed by atoms with Crippen molar-refractivity contribution in [3.8, 4) is 0 Å². The van der Waals surface area contributed by atoms with Crippen LogP contribution in [0.5, 0.6) is 0 Å². The van der Waals surface area contributed by atoms with Crippen molar-refractivity contribution in [3.05, 3.63) is 80.9 Å². The number of aryl methyl sites for hydroxylation is 6. The average molecular weight is 1170 g/mol. The first-order valence-corrected chi connectivity index (χ1v) is 29.3. The maximum atomic E-state index is 13.0. The number of carboxylic acid groups (broad SMARTS) is 1. The van der Waals surface area contributed by atoms with E-state index in [-0.39, 0.29) is 39.1 Å². The number of carbonyl (C=O) groups is 6. The lowest BCUT2D eigenvalue weighted by molar-refractivity contribution is -0.157. The van der Waals surface area contributed by atoms with Gasteiger partial charge < -0.3 is 59.9 Å². The Balaban J connectivity index is 0.000000242. The first-order chi connectivity index (χ1) is 40.2. The van der Waals surface area contributed by atoms with E-state index in [0.717, 1.165) is 100 Å². The highest BCUT2D eigenvalue weighted by Crippen LogP contribution is 2.35. The zero-order valence-corrected chi connectivity index (χ0v) is 50.2. The summed E-state index contributed by atoms with van der Waals surface area (Å²) in [5.74, 6) is 1.83. The number of carbonyl (C=O) groups excluding carboxylic acids is 5. The van der Waals surface area contributed by atoms with Gasteiger partial charge in [-0.05, 0) is 149 Å². The zero-order valence-electron chi connectivity index (χ0n) is 50.2. The van der Waals surface area contributed by atoms with E-state index >= 15 is 0 Å². The third kappa shape index (κ3) is 18.3. The number of alkyl carbamates (subject to hydrolysis) is 2. The van der Waals surface area contributed by atoms with Gasteiger partial charge in [0.25, 0.3) is 0 Å². The Morgan fingerprint density at radius 1 is 0.583 bits per heavy atom. The molecule has 0 aromatic carbocycles. The largest absolute Gasteiger partial charge is 0.480 e. The van der Waals surface area contributed by atoms with Crippen LogP contribution in [0.1, 0.15) is 153 Å². The molecule has 0 saturated carbocycles. The van der Waals surface area contributed by atoms with Crippen molar-refractivity contribution in [2.75, 3.05) is 87.1 Å². The molecule has 2 fully saturated rings. The second-order valence-electron chi connectivity index (χ2n) is 22.7. The van der Waals surface area contributed by atoms with E-state index in [9.17, 15) is 33.9 Å². The molecule has 2 aliphatic heterocycles. The molecule has 2 atom stereocenters. The smallest absolute Gasteiger partial charge is 0.407 e. The number of rotatable bonds is 20. The molecule has 456 valence electrons. The maximum Gasteiger partial charge on any atom is 0.407 e. The second kappa shape index (κ2) is 30.1. The summed E-state index contributed by atoms with van der Waals surface area (Å²) in [5, 5.41) is 20.7. The number of methoxy groups -OCH3 is 2. The van der Waals surface area contributed by atoms with Gasteiger partial charge >= 0.3 is 36.1 Å². The SMILES string of the molecule is COC(=O)CCOC(=O)N[C@@H](CNc1nc(C)nc(N2CCC(c3ccc4c(n3)CCCC4)CC2)c1C)C(=O)O.COC(=O)CCOC(=O)N[C@@H](CNc1nc(C)nc(N2CCC(c3ccc4c(n3)CCCC4)CC2)c1C)C(=O)OC(C)(C)C. The van der Waals surface area contributed by atoms with Crippen molar-refractivity contribution in [1.29, 1.82) is 0 Å². The van der Waals surface area contributed by atoms with Gasteiger partial charge in [-0.2, -0.15) is 0 Å². The fraction of sp³-hybridized carbons (Fsp3) is 0.600. The topological polar surface area (TPSA) is 301 Å². The van der Waals surface area contributed by atoms with Gasteiger partial charge in [0.2, 0.25) is 0 Å². The van der Waals surface area contributed by atoms with E-state index in [0.29, 0.717) is 35.1 Å². The minimum atomic E-state index is -1.27. The standard InChI is InChI=1S/C32H46N6O6.C28H38N6O6/c1-20-28(33-19-26(30(40)44-32(3,4)5)37-31(41)43-18-15-27(39)42-6)34-21(2)35-29(20)38-16-13-23(14-17-38)25-12-11-22-9-7-8-10-24(22)36-25;1-17-25(29-16-23(27(36)37)33-28(38)40-15-12-24(35)39-3)30-18(2)31-26(17)34-13-10-20(11-14-34)22-9-8-19-6-4-5-7-21(19)32-22/h11-12,23,26H,7-10,13-19H2,1-6H3,(H,37,41)(H,33,34,35);8-9,20,23H,4-7,10-16H2,1-3H3,(H,33,38)(H,36,37)(H,29,30,31)/t26-;23-/m00/s1. The van der Waals surface area contributed by atoms with Gasteiger partial charge in [-0.3, -0.25) is 19.6 Å². The Bertz CT molecular complexity index is 2960. The quantitative estimate of drug-likeness (QED) is 0.0436. The summed E-state index contributed by atoms with van der Waals surface area (Å²) < 4.78 is 24.5. The van der Waals surface area contributed by atoms with Crippen LogP contribution in [0, 0.1) is 27.7 Å². The number of nitrogens with one attached hydrogen (secondary N) is 4. The first-order valence-electron chi connectivity index (χ1n) is 29.3. The fourth-order valence-electron chi connectivity index (χ4n) is 10.8. The lowest BCUT2D eigenvalue weighted by Gasteiger charge is -2.34. The summed E-state index contributed by atoms with van der Waals surface area (Å²) in [7, 11) is 2.48. The number of amides is 2. The molecule has 2 amide bonds. The number of aromatic nitrogens is 6. The number of hydrogen-bond acceptors (Lipinski definition) is 21. The minimum absolute atomic E-state index is 0.00379. The fourth-order valence-corrected chi connectivity index (χ4v) is 10.8. The number of esters is 3. The lowest BCUT2D eigenvalue weighted by Crippen LogP contribution is -2.48. The van der Waals surface area contributed by atoms with Crippen molar-refractivity contribution in [3.63, 3.8) is 0 Å². The zero-order chi connectivity index (χ0) is 60.5. The highest BCUT2D eigenvalue weighted by Gasteiger charge is 2.31. The Hall–Kier alpha value is -7.92. The summed E-state index contributed by atoms with van der Waals surface area (Å²) in [4.78, 5) is 105. The number of carboxylic acids is 1. The molecular weight excluding hydrogens is 1080 g/mol. The highest BCUT2D eigenvalue weighted by molar-refractivity contribution is 5.83. The molecule has 4 aromatic heterocycles. The van der Waals surface area contributed by atoms with E-state index in [1.54, 1.807) is 27.7 Å². The highest BCUT2D eigenvalue weighted by atomic mass is 16.6. The second-order valence-corrected chi connectivity index (χ2v) is 22.7. The van der Waals surface area contributed by atoms with Crippen LogP contribution in [-0.4, -0.2) is 155 Å². The van der Waals surface area contributed by atoms with Crippen LogP contribution in [0.15, 0.2) is 24.3 Å². The molecular formula is C60H84N12O12. The number of aliphatic carboxylic acids is 1. The van der Waals surface area contributed by atoms with Gasteiger partial charge in [-0.1, -0.05) is 12.1 Å². The number of fused-ring (bicyclic) bond motifs is 2. The van der Waals surface area contributed by atoms with Crippen molar-refractivity contribution in [2.45, 2.75) is 168 Å². The Kier molecular flexibility index (Phi) is 22.8.